The fourth-order valence-electron chi connectivity index (χ4n) is 2.43. The van der Waals surface area contributed by atoms with Crippen molar-refractivity contribution in [1.29, 1.82) is 0 Å². The predicted octanol–water partition coefficient (Wildman–Crippen LogP) is 3.46. The number of nitrogens with zero attached hydrogens (tertiary/aromatic N) is 3. The average molecular weight is 330 g/mol. The molecule has 1 unspecified atom stereocenters. The Hall–Kier alpha value is -1.92. The number of aliphatic hydroxyl groups is 1. The third-order valence-corrected chi connectivity index (χ3v) is 4.79. The molecule has 0 aliphatic heterocycles. The predicted molar refractivity (Wildman–Crippen MR) is 95.2 cm³/mol. The third-order valence-electron chi connectivity index (χ3n) is 3.59. The van der Waals surface area contributed by atoms with Gasteiger partial charge in [-0.1, -0.05) is 26.0 Å². The first-order valence-electron chi connectivity index (χ1n) is 7.86. The van der Waals surface area contributed by atoms with E-state index in [1.807, 2.05) is 18.2 Å². The van der Waals surface area contributed by atoms with Gasteiger partial charge in [-0.3, -0.25) is 0 Å². The lowest BCUT2D eigenvalue weighted by atomic mass is 10.2. The summed E-state index contributed by atoms with van der Waals surface area (Å²) in [6.45, 7) is 7.22. The molecular formula is C17H22N4OS. The lowest BCUT2D eigenvalue weighted by Gasteiger charge is -2.11. The summed E-state index contributed by atoms with van der Waals surface area (Å²) in [6.07, 6.45) is -0.421. The van der Waals surface area contributed by atoms with Gasteiger partial charge in [0.25, 0.3) is 0 Å². The van der Waals surface area contributed by atoms with E-state index in [9.17, 15) is 5.11 Å². The summed E-state index contributed by atoms with van der Waals surface area (Å²) in [7, 11) is 0. The highest BCUT2D eigenvalue weighted by molar-refractivity contribution is 7.09. The number of fused-ring (bicyclic) bond motifs is 1. The van der Waals surface area contributed by atoms with Crippen molar-refractivity contribution in [2.45, 2.75) is 39.3 Å². The molecule has 2 N–H and O–H groups in total. The molecule has 2 aromatic heterocycles. The van der Waals surface area contributed by atoms with Crippen LogP contribution in [0.25, 0.3) is 11.0 Å². The van der Waals surface area contributed by atoms with Gasteiger partial charge in [0.2, 0.25) is 5.95 Å². The summed E-state index contributed by atoms with van der Waals surface area (Å²) in [4.78, 5) is 9.36. The molecule has 0 fully saturated rings. The number of anilines is 1. The molecule has 122 valence electrons. The summed E-state index contributed by atoms with van der Waals surface area (Å²) < 4.78 is 2.12. The third kappa shape index (κ3) is 3.54. The van der Waals surface area contributed by atoms with Gasteiger partial charge < -0.3 is 15.0 Å². The summed E-state index contributed by atoms with van der Waals surface area (Å²) in [5.41, 5.74) is 3.06. The van der Waals surface area contributed by atoms with E-state index >= 15 is 0 Å². The fourth-order valence-corrected chi connectivity index (χ4v) is 3.26. The first-order valence-corrected chi connectivity index (χ1v) is 8.74. The Morgan fingerprint density at radius 1 is 1.22 bits per heavy atom. The highest BCUT2D eigenvalue weighted by Crippen LogP contribution is 2.24. The molecule has 0 radical (unpaired) electrons. The van der Waals surface area contributed by atoms with E-state index in [0.29, 0.717) is 19.0 Å². The van der Waals surface area contributed by atoms with Crippen molar-refractivity contribution >= 4 is 28.3 Å². The number of hydrogen-bond acceptors (Lipinski definition) is 5. The highest BCUT2D eigenvalue weighted by Gasteiger charge is 2.13. The molecule has 0 saturated heterocycles. The second-order valence-electron chi connectivity index (χ2n) is 6.07. The van der Waals surface area contributed by atoms with Gasteiger partial charge in [0.05, 0.1) is 34.4 Å². The Labute approximate surface area is 140 Å². The van der Waals surface area contributed by atoms with Gasteiger partial charge in [-0.05, 0) is 19.1 Å². The molecule has 0 spiro atoms. The molecule has 0 aliphatic rings. The van der Waals surface area contributed by atoms with Crippen LogP contribution >= 0.6 is 11.3 Å². The van der Waals surface area contributed by atoms with Crippen molar-refractivity contribution in [1.82, 2.24) is 14.5 Å². The zero-order valence-electron chi connectivity index (χ0n) is 13.7. The van der Waals surface area contributed by atoms with Gasteiger partial charge in [0, 0.05) is 17.8 Å². The van der Waals surface area contributed by atoms with Crippen LogP contribution in [0.4, 0.5) is 5.95 Å². The van der Waals surface area contributed by atoms with Crippen LogP contribution in [0.3, 0.4) is 0 Å². The summed E-state index contributed by atoms with van der Waals surface area (Å²) in [6, 6.07) is 8.06. The Balaban J connectivity index is 1.94. The molecule has 2 heterocycles. The van der Waals surface area contributed by atoms with E-state index in [1.54, 1.807) is 18.3 Å². The molecule has 1 atom stereocenters. The number of benzene rings is 1. The lowest BCUT2D eigenvalue weighted by molar-refractivity contribution is 0.208. The molecule has 0 bridgehead atoms. The number of para-hydroxylation sites is 2. The van der Waals surface area contributed by atoms with Crippen molar-refractivity contribution in [3.8, 4) is 0 Å². The van der Waals surface area contributed by atoms with Crippen molar-refractivity contribution in [3.05, 3.63) is 40.3 Å². The van der Waals surface area contributed by atoms with E-state index in [-0.39, 0.29) is 0 Å². The van der Waals surface area contributed by atoms with Crippen molar-refractivity contribution < 1.29 is 5.11 Å². The summed E-state index contributed by atoms with van der Waals surface area (Å²) in [5.74, 6) is 1.22. The van der Waals surface area contributed by atoms with Crippen LogP contribution in [0.5, 0.6) is 0 Å². The van der Waals surface area contributed by atoms with Crippen LogP contribution in [-0.4, -0.2) is 32.3 Å². The van der Waals surface area contributed by atoms with Crippen LogP contribution in [0.2, 0.25) is 0 Å². The lowest BCUT2D eigenvalue weighted by Crippen LogP contribution is -2.18. The molecule has 0 amide bonds. The van der Waals surface area contributed by atoms with Crippen LogP contribution in [-0.2, 0) is 6.54 Å². The minimum Gasteiger partial charge on any atom is -0.392 e. The van der Waals surface area contributed by atoms with Crippen LogP contribution in [0, 0.1) is 0 Å². The van der Waals surface area contributed by atoms with Gasteiger partial charge in [-0.2, -0.15) is 0 Å². The van der Waals surface area contributed by atoms with Gasteiger partial charge in [-0.25, -0.2) is 9.97 Å². The Morgan fingerprint density at radius 3 is 2.70 bits per heavy atom. The topological polar surface area (TPSA) is 63.0 Å². The fraction of sp³-hybridized carbons (Fsp3) is 0.412. The van der Waals surface area contributed by atoms with Crippen LogP contribution < -0.4 is 5.32 Å². The maximum absolute atomic E-state index is 9.52. The molecule has 0 saturated carbocycles. The van der Waals surface area contributed by atoms with Crippen molar-refractivity contribution in [2.24, 2.45) is 0 Å². The van der Waals surface area contributed by atoms with E-state index in [1.165, 1.54) is 0 Å². The molecule has 3 aromatic rings. The molecule has 1 aromatic carbocycles. The van der Waals surface area contributed by atoms with Crippen LogP contribution in [0.1, 0.15) is 37.4 Å². The van der Waals surface area contributed by atoms with Crippen molar-refractivity contribution in [3.63, 3.8) is 0 Å². The SMILES string of the molecule is CC(O)CNc1nc2ccccc2n1Cc1csc(C(C)C)n1. The number of rotatable bonds is 6. The molecule has 5 nitrogen and oxygen atoms in total. The minimum atomic E-state index is -0.421. The molecule has 23 heavy (non-hydrogen) atoms. The number of aromatic nitrogens is 3. The van der Waals surface area contributed by atoms with Crippen molar-refractivity contribution in [2.75, 3.05) is 11.9 Å². The first-order chi connectivity index (χ1) is 11.0. The van der Waals surface area contributed by atoms with E-state index < -0.39 is 6.10 Å². The quantitative estimate of drug-likeness (QED) is 0.726. The smallest absolute Gasteiger partial charge is 0.204 e. The summed E-state index contributed by atoms with van der Waals surface area (Å²) >= 11 is 1.70. The van der Waals surface area contributed by atoms with E-state index in [2.05, 4.69) is 40.2 Å². The van der Waals surface area contributed by atoms with Gasteiger partial charge in [-0.15, -0.1) is 11.3 Å². The standard InChI is InChI=1S/C17H22N4OS/c1-11(2)16-19-13(10-23-16)9-21-15-7-5-4-6-14(15)20-17(21)18-8-12(3)22/h4-7,10-12,22H,8-9H2,1-3H3,(H,18,20). The normalized spacial score (nSPS) is 12.9. The van der Waals surface area contributed by atoms with E-state index in [0.717, 1.165) is 27.7 Å². The monoisotopic (exact) mass is 330 g/mol. The summed E-state index contributed by atoms with van der Waals surface area (Å²) in [5, 5.41) is 16.0. The zero-order valence-corrected chi connectivity index (χ0v) is 14.5. The van der Waals surface area contributed by atoms with Gasteiger partial charge >= 0.3 is 0 Å². The second kappa shape index (κ2) is 6.68. The highest BCUT2D eigenvalue weighted by atomic mass is 32.1. The van der Waals surface area contributed by atoms with Gasteiger partial charge in [0.15, 0.2) is 0 Å². The Kier molecular flexibility index (Phi) is 4.63. The molecule has 0 aliphatic carbocycles. The Bertz CT molecular complexity index is 791. The molecular weight excluding hydrogens is 308 g/mol. The number of hydrogen-bond donors (Lipinski definition) is 2. The largest absolute Gasteiger partial charge is 0.392 e. The van der Waals surface area contributed by atoms with Gasteiger partial charge in [0.1, 0.15) is 0 Å². The number of imidazole rings is 1. The van der Waals surface area contributed by atoms with E-state index in [4.69, 9.17) is 4.98 Å². The number of thiazole rings is 1. The second-order valence-corrected chi connectivity index (χ2v) is 6.96. The first kappa shape index (κ1) is 16.0. The molecule has 6 heteroatoms. The number of nitrogens with one attached hydrogen (secondary N) is 1. The zero-order chi connectivity index (χ0) is 16.4. The maximum atomic E-state index is 9.52. The maximum Gasteiger partial charge on any atom is 0.204 e. The Morgan fingerprint density at radius 2 is 2.00 bits per heavy atom. The minimum absolute atomic E-state index is 0.421. The number of aliphatic hydroxyl groups excluding tert-OH is 1. The molecule has 3 rings (SSSR count). The van der Waals surface area contributed by atoms with Crippen LogP contribution in [0.15, 0.2) is 29.6 Å². The average Bonchev–Trinajstić information content (AvgIpc) is 3.11.